The fourth-order valence-corrected chi connectivity index (χ4v) is 2.78. The van der Waals surface area contributed by atoms with Crippen LogP contribution in [0.5, 0.6) is 0 Å². The molecule has 0 bridgehead atoms. The van der Waals surface area contributed by atoms with Gasteiger partial charge in [0.05, 0.1) is 11.7 Å². The van der Waals surface area contributed by atoms with Crippen LogP contribution in [-0.2, 0) is 0 Å². The van der Waals surface area contributed by atoms with Crippen molar-refractivity contribution in [2.24, 2.45) is 0 Å². The molecule has 2 amide bonds. The number of carbonyl (C=O) groups is 1. The van der Waals surface area contributed by atoms with Crippen molar-refractivity contribution in [3.8, 4) is 0 Å². The zero-order valence-corrected chi connectivity index (χ0v) is 12.7. The molecule has 1 saturated carbocycles. The molecule has 1 aliphatic carbocycles. The van der Waals surface area contributed by atoms with Crippen molar-refractivity contribution in [1.82, 2.24) is 19.9 Å². The van der Waals surface area contributed by atoms with Crippen LogP contribution in [0.2, 0.25) is 5.02 Å². The van der Waals surface area contributed by atoms with Gasteiger partial charge in [-0.15, -0.1) is 5.10 Å². The Morgan fingerprint density at radius 1 is 1.32 bits per heavy atom. The summed E-state index contributed by atoms with van der Waals surface area (Å²) >= 11 is 5.91. The summed E-state index contributed by atoms with van der Waals surface area (Å²) in [5.74, 6) is 0.607. The SMILES string of the molecule is O=C(Nc1cccc(Cl)c1)N1CC(n2cc(C3CC3)nn2)C1. The molecule has 1 saturated heterocycles. The lowest BCUT2D eigenvalue weighted by molar-refractivity contribution is 0.127. The summed E-state index contributed by atoms with van der Waals surface area (Å²) in [5.41, 5.74) is 1.79. The van der Waals surface area contributed by atoms with Crippen LogP contribution in [0.4, 0.5) is 10.5 Å². The molecular weight excluding hydrogens is 302 g/mol. The van der Waals surface area contributed by atoms with Crippen molar-refractivity contribution in [3.63, 3.8) is 0 Å². The lowest BCUT2D eigenvalue weighted by Gasteiger charge is -2.38. The average molecular weight is 318 g/mol. The second-order valence-corrected chi connectivity index (χ2v) is 6.33. The molecule has 0 atom stereocenters. The summed E-state index contributed by atoms with van der Waals surface area (Å²) in [6.45, 7) is 1.31. The monoisotopic (exact) mass is 317 g/mol. The Kier molecular flexibility index (Phi) is 3.26. The van der Waals surface area contributed by atoms with E-state index in [-0.39, 0.29) is 12.1 Å². The van der Waals surface area contributed by atoms with E-state index >= 15 is 0 Å². The third kappa shape index (κ3) is 2.66. The zero-order valence-electron chi connectivity index (χ0n) is 11.9. The molecule has 0 spiro atoms. The molecule has 0 radical (unpaired) electrons. The standard InChI is InChI=1S/C15H16ClN5O/c16-11-2-1-3-12(6-11)17-15(22)20-7-13(8-20)21-9-14(18-19-21)10-4-5-10/h1-3,6,9-10,13H,4-5,7-8H2,(H,17,22). The number of rotatable bonds is 3. The molecule has 6 nitrogen and oxygen atoms in total. The van der Waals surface area contributed by atoms with Crippen LogP contribution in [0.15, 0.2) is 30.5 Å². The van der Waals surface area contributed by atoms with E-state index in [4.69, 9.17) is 11.6 Å². The highest BCUT2D eigenvalue weighted by atomic mass is 35.5. The van der Waals surface area contributed by atoms with Gasteiger partial charge in [-0.3, -0.25) is 0 Å². The number of anilines is 1. The van der Waals surface area contributed by atoms with Gasteiger partial charge in [-0.2, -0.15) is 0 Å². The lowest BCUT2D eigenvalue weighted by Crippen LogP contribution is -2.52. The van der Waals surface area contributed by atoms with Crippen molar-refractivity contribution >= 4 is 23.3 Å². The fourth-order valence-electron chi connectivity index (χ4n) is 2.59. The van der Waals surface area contributed by atoms with Gasteiger partial charge in [0, 0.05) is 35.9 Å². The molecule has 2 aliphatic rings. The van der Waals surface area contributed by atoms with E-state index in [1.54, 1.807) is 17.0 Å². The molecule has 1 aromatic heterocycles. The second-order valence-electron chi connectivity index (χ2n) is 5.90. The highest BCUT2D eigenvalue weighted by Crippen LogP contribution is 2.39. The number of nitrogens with zero attached hydrogens (tertiary/aromatic N) is 4. The minimum atomic E-state index is -0.110. The first-order valence-corrected chi connectivity index (χ1v) is 7.80. The molecule has 0 unspecified atom stereocenters. The van der Waals surface area contributed by atoms with Gasteiger partial charge in [-0.05, 0) is 31.0 Å². The molecule has 1 aliphatic heterocycles. The van der Waals surface area contributed by atoms with Gasteiger partial charge in [0.15, 0.2) is 0 Å². The highest BCUT2D eigenvalue weighted by Gasteiger charge is 2.34. The van der Waals surface area contributed by atoms with Gasteiger partial charge in [0.2, 0.25) is 0 Å². The van der Waals surface area contributed by atoms with Crippen LogP contribution in [0.3, 0.4) is 0 Å². The third-order valence-electron chi connectivity index (χ3n) is 4.12. The fraction of sp³-hybridized carbons (Fsp3) is 0.400. The van der Waals surface area contributed by atoms with E-state index in [1.165, 1.54) is 12.8 Å². The Hall–Kier alpha value is -2.08. The minimum absolute atomic E-state index is 0.110. The number of nitrogens with one attached hydrogen (secondary N) is 1. The first kappa shape index (κ1) is 13.6. The van der Waals surface area contributed by atoms with E-state index in [0.717, 1.165) is 5.69 Å². The maximum atomic E-state index is 12.1. The molecule has 2 heterocycles. The molecule has 2 aromatic rings. The van der Waals surface area contributed by atoms with Crippen molar-refractivity contribution in [2.45, 2.75) is 24.8 Å². The average Bonchev–Trinajstić information content (AvgIpc) is 3.17. The number of carbonyl (C=O) groups excluding carboxylic acids is 1. The van der Waals surface area contributed by atoms with Crippen LogP contribution < -0.4 is 5.32 Å². The van der Waals surface area contributed by atoms with E-state index < -0.39 is 0 Å². The van der Waals surface area contributed by atoms with Crippen LogP contribution in [0.1, 0.15) is 30.5 Å². The van der Waals surface area contributed by atoms with Crippen molar-refractivity contribution in [1.29, 1.82) is 0 Å². The van der Waals surface area contributed by atoms with Gasteiger partial charge in [0.25, 0.3) is 0 Å². The third-order valence-corrected chi connectivity index (χ3v) is 4.36. The summed E-state index contributed by atoms with van der Waals surface area (Å²) in [6, 6.07) is 7.26. The smallest absolute Gasteiger partial charge is 0.320 e. The number of likely N-dealkylation sites (tertiary alicyclic amines) is 1. The van der Waals surface area contributed by atoms with E-state index in [9.17, 15) is 4.79 Å². The van der Waals surface area contributed by atoms with Crippen molar-refractivity contribution in [3.05, 3.63) is 41.2 Å². The zero-order chi connectivity index (χ0) is 15.1. The summed E-state index contributed by atoms with van der Waals surface area (Å²) in [4.78, 5) is 13.9. The molecule has 1 N–H and O–H groups in total. The van der Waals surface area contributed by atoms with Crippen LogP contribution in [0.25, 0.3) is 0 Å². The maximum absolute atomic E-state index is 12.1. The molecule has 22 heavy (non-hydrogen) atoms. The van der Waals surface area contributed by atoms with E-state index in [2.05, 4.69) is 15.6 Å². The van der Waals surface area contributed by atoms with Crippen LogP contribution in [0, 0.1) is 0 Å². The first-order valence-electron chi connectivity index (χ1n) is 7.42. The molecule has 114 valence electrons. The van der Waals surface area contributed by atoms with Gasteiger partial charge in [-0.1, -0.05) is 22.9 Å². The lowest BCUT2D eigenvalue weighted by atomic mass is 10.1. The Labute approximate surface area is 133 Å². The summed E-state index contributed by atoms with van der Waals surface area (Å²) in [5, 5.41) is 11.8. The van der Waals surface area contributed by atoms with Crippen molar-refractivity contribution in [2.75, 3.05) is 18.4 Å². The van der Waals surface area contributed by atoms with Gasteiger partial charge in [0.1, 0.15) is 0 Å². The first-order chi connectivity index (χ1) is 10.7. The molecule has 7 heteroatoms. The van der Waals surface area contributed by atoms with E-state index in [1.807, 2.05) is 23.0 Å². The highest BCUT2D eigenvalue weighted by molar-refractivity contribution is 6.30. The molecular formula is C15H16ClN5O. The predicted octanol–water partition coefficient (Wildman–Crippen LogP) is 2.90. The number of hydrogen-bond donors (Lipinski definition) is 1. The largest absolute Gasteiger partial charge is 0.321 e. The number of amides is 2. The van der Waals surface area contributed by atoms with Gasteiger partial charge < -0.3 is 10.2 Å². The Balaban J connectivity index is 1.33. The summed E-state index contributed by atoms with van der Waals surface area (Å²) in [6.07, 6.45) is 4.46. The van der Waals surface area contributed by atoms with Gasteiger partial charge >= 0.3 is 6.03 Å². The number of aromatic nitrogens is 3. The maximum Gasteiger partial charge on any atom is 0.321 e. The Morgan fingerprint density at radius 3 is 2.86 bits per heavy atom. The topological polar surface area (TPSA) is 63.1 Å². The summed E-state index contributed by atoms with van der Waals surface area (Å²) < 4.78 is 1.89. The van der Waals surface area contributed by atoms with Gasteiger partial charge in [-0.25, -0.2) is 9.48 Å². The number of halogens is 1. The minimum Gasteiger partial charge on any atom is -0.320 e. The second kappa shape index (κ2) is 5.28. The normalized spacial score (nSPS) is 18.1. The Bertz CT molecular complexity index is 705. The molecule has 4 rings (SSSR count). The predicted molar refractivity (Wildman–Crippen MR) is 83.1 cm³/mol. The summed E-state index contributed by atoms with van der Waals surface area (Å²) in [7, 11) is 0. The van der Waals surface area contributed by atoms with Crippen LogP contribution in [-0.4, -0.2) is 39.0 Å². The Morgan fingerprint density at radius 2 is 2.14 bits per heavy atom. The number of urea groups is 1. The number of hydrogen-bond acceptors (Lipinski definition) is 3. The van der Waals surface area contributed by atoms with Crippen LogP contribution >= 0.6 is 11.6 Å². The quantitative estimate of drug-likeness (QED) is 0.946. The molecule has 1 aromatic carbocycles. The van der Waals surface area contributed by atoms with E-state index in [0.29, 0.717) is 29.7 Å². The molecule has 2 fully saturated rings. The van der Waals surface area contributed by atoms with Crippen molar-refractivity contribution < 1.29 is 4.79 Å². The number of benzene rings is 1.